The van der Waals surface area contributed by atoms with Gasteiger partial charge in [0.1, 0.15) is 0 Å². The lowest BCUT2D eigenvalue weighted by Crippen LogP contribution is -2.39. The van der Waals surface area contributed by atoms with E-state index < -0.39 is 0 Å². The van der Waals surface area contributed by atoms with Crippen LogP contribution in [-0.2, 0) is 9.59 Å². The Morgan fingerprint density at radius 3 is 2.45 bits per heavy atom. The molecule has 20 heavy (non-hydrogen) atoms. The molecular formula is C16H22N2O2. The number of rotatable bonds is 4. The van der Waals surface area contributed by atoms with Crippen LogP contribution in [0.2, 0.25) is 0 Å². The van der Waals surface area contributed by atoms with Gasteiger partial charge in [0.25, 0.3) is 5.91 Å². The summed E-state index contributed by atoms with van der Waals surface area (Å²) in [6.45, 7) is 7.22. The van der Waals surface area contributed by atoms with Crippen LogP contribution in [0.1, 0.15) is 33.6 Å². The first-order valence-corrected chi connectivity index (χ1v) is 7.04. The van der Waals surface area contributed by atoms with Gasteiger partial charge in [0, 0.05) is 0 Å². The average Bonchev–Trinajstić information content (AvgIpc) is 2.64. The van der Waals surface area contributed by atoms with Gasteiger partial charge in [0.2, 0.25) is 5.91 Å². The molecule has 1 saturated heterocycles. The molecule has 108 valence electrons. The first kappa shape index (κ1) is 14.7. The fraction of sp³-hybridized carbons (Fsp3) is 0.500. The predicted molar refractivity (Wildman–Crippen MR) is 79.4 cm³/mol. The summed E-state index contributed by atoms with van der Waals surface area (Å²) in [6, 6.07) is 8.71. The first-order chi connectivity index (χ1) is 9.38. The lowest BCUT2D eigenvalue weighted by molar-refractivity contribution is -0.121. The Balaban J connectivity index is 1.99. The number of anilines is 1. The highest BCUT2D eigenvalue weighted by atomic mass is 16.2. The van der Waals surface area contributed by atoms with Gasteiger partial charge in [0.05, 0.1) is 18.2 Å². The second kappa shape index (κ2) is 5.75. The molecule has 0 bridgehead atoms. The third-order valence-electron chi connectivity index (χ3n) is 3.43. The van der Waals surface area contributed by atoms with Crippen molar-refractivity contribution in [1.82, 2.24) is 5.32 Å². The van der Waals surface area contributed by atoms with Crippen molar-refractivity contribution in [2.24, 2.45) is 5.41 Å². The standard InChI is InChI=1S/C16H22N2O2/c1-16(2,3)9-10-17-13-11-14(19)18(15(13)20)12-7-5-4-6-8-12/h4-8,13,17H,9-11H2,1-3H3. The van der Waals surface area contributed by atoms with Crippen LogP contribution in [0.4, 0.5) is 5.69 Å². The van der Waals surface area contributed by atoms with E-state index in [0.29, 0.717) is 5.69 Å². The van der Waals surface area contributed by atoms with Crippen molar-refractivity contribution in [3.63, 3.8) is 0 Å². The van der Waals surface area contributed by atoms with Gasteiger partial charge in [-0.15, -0.1) is 0 Å². The highest BCUT2D eigenvalue weighted by Gasteiger charge is 2.39. The van der Waals surface area contributed by atoms with E-state index in [9.17, 15) is 9.59 Å². The van der Waals surface area contributed by atoms with Crippen molar-refractivity contribution in [2.75, 3.05) is 11.4 Å². The maximum absolute atomic E-state index is 12.3. The Morgan fingerprint density at radius 1 is 1.20 bits per heavy atom. The monoisotopic (exact) mass is 274 g/mol. The van der Waals surface area contributed by atoms with Gasteiger partial charge in [-0.2, -0.15) is 0 Å². The van der Waals surface area contributed by atoms with E-state index >= 15 is 0 Å². The summed E-state index contributed by atoms with van der Waals surface area (Å²) in [5, 5.41) is 3.21. The molecule has 1 aliphatic heterocycles. The van der Waals surface area contributed by atoms with Crippen LogP contribution >= 0.6 is 0 Å². The van der Waals surface area contributed by atoms with Crippen molar-refractivity contribution in [3.8, 4) is 0 Å². The van der Waals surface area contributed by atoms with E-state index in [4.69, 9.17) is 0 Å². The van der Waals surface area contributed by atoms with E-state index in [2.05, 4.69) is 26.1 Å². The molecule has 1 fully saturated rings. The zero-order valence-electron chi connectivity index (χ0n) is 12.3. The Kier molecular flexibility index (Phi) is 4.23. The van der Waals surface area contributed by atoms with Gasteiger partial charge in [-0.3, -0.25) is 9.59 Å². The number of hydrogen-bond acceptors (Lipinski definition) is 3. The van der Waals surface area contributed by atoms with Crippen molar-refractivity contribution >= 4 is 17.5 Å². The number of nitrogens with zero attached hydrogens (tertiary/aromatic N) is 1. The summed E-state index contributed by atoms with van der Waals surface area (Å²) in [5.41, 5.74) is 0.875. The predicted octanol–water partition coefficient (Wildman–Crippen LogP) is 2.34. The Labute approximate surface area is 120 Å². The molecule has 0 spiro atoms. The molecule has 2 rings (SSSR count). The minimum absolute atomic E-state index is 0.130. The van der Waals surface area contributed by atoms with Crippen LogP contribution in [0.5, 0.6) is 0 Å². The summed E-state index contributed by atoms with van der Waals surface area (Å²) in [6.07, 6.45) is 1.22. The van der Waals surface area contributed by atoms with Crippen LogP contribution in [0.15, 0.2) is 30.3 Å². The summed E-state index contributed by atoms with van der Waals surface area (Å²) in [4.78, 5) is 25.6. The molecule has 1 aromatic rings. The van der Waals surface area contributed by atoms with Gasteiger partial charge < -0.3 is 5.32 Å². The third-order valence-corrected chi connectivity index (χ3v) is 3.43. The zero-order valence-corrected chi connectivity index (χ0v) is 12.3. The Morgan fingerprint density at radius 2 is 1.85 bits per heavy atom. The Hall–Kier alpha value is -1.68. The SMILES string of the molecule is CC(C)(C)CCNC1CC(=O)N(c2ccccc2)C1=O. The van der Waals surface area contributed by atoms with Crippen LogP contribution < -0.4 is 10.2 Å². The summed E-state index contributed by atoms with van der Waals surface area (Å²) < 4.78 is 0. The smallest absolute Gasteiger partial charge is 0.251 e. The molecule has 1 aromatic carbocycles. The van der Waals surface area contributed by atoms with Crippen LogP contribution in [-0.4, -0.2) is 24.4 Å². The van der Waals surface area contributed by atoms with Crippen molar-refractivity contribution < 1.29 is 9.59 Å². The summed E-state index contributed by atoms with van der Waals surface area (Å²) >= 11 is 0. The summed E-state index contributed by atoms with van der Waals surface area (Å²) in [7, 11) is 0. The average molecular weight is 274 g/mol. The number of hydrogen-bond donors (Lipinski definition) is 1. The normalized spacial score (nSPS) is 19.8. The van der Waals surface area contributed by atoms with Gasteiger partial charge in [0.15, 0.2) is 0 Å². The molecule has 2 amide bonds. The maximum Gasteiger partial charge on any atom is 0.251 e. The van der Waals surface area contributed by atoms with E-state index in [0.717, 1.165) is 13.0 Å². The van der Waals surface area contributed by atoms with Gasteiger partial charge in [-0.05, 0) is 30.5 Å². The molecule has 4 heteroatoms. The minimum Gasteiger partial charge on any atom is -0.305 e. The lowest BCUT2D eigenvalue weighted by atomic mass is 9.92. The lowest BCUT2D eigenvalue weighted by Gasteiger charge is -2.20. The first-order valence-electron chi connectivity index (χ1n) is 7.04. The van der Waals surface area contributed by atoms with Gasteiger partial charge in [-0.1, -0.05) is 39.0 Å². The second-order valence-corrected chi connectivity index (χ2v) is 6.42. The Bertz CT molecular complexity index is 491. The number of carbonyl (C=O) groups is 2. The molecule has 0 radical (unpaired) electrons. The minimum atomic E-state index is -0.384. The number of nitrogens with one attached hydrogen (secondary N) is 1. The quantitative estimate of drug-likeness (QED) is 0.857. The number of amides is 2. The molecule has 1 aliphatic rings. The molecule has 4 nitrogen and oxygen atoms in total. The maximum atomic E-state index is 12.3. The van der Waals surface area contributed by atoms with E-state index in [1.807, 2.05) is 18.2 Å². The molecule has 0 aliphatic carbocycles. The van der Waals surface area contributed by atoms with Crippen LogP contribution in [0.25, 0.3) is 0 Å². The van der Waals surface area contributed by atoms with Crippen molar-refractivity contribution in [1.29, 1.82) is 0 Å². The fourth-order valence-electron chi connectivity index (χ4n) is 2.26. The molecule has 1 unspecified atom stereocenters. The highest BCUT2D eigenvalue weighted by Crippen LogP contribution is 2.23. The number of benzene rings is 1. The van der Waals surface area contributed by atoms with Crippen LogP contribution in [0.3, 0.4) is 0 Å². The van der Waals surface area contributed by atoms with E-state index in [1.165, 1.54) is 4.90 Å². The number of carbonyl (C=O) groups excluding carboxylic acids is 2. The number of imide groups is 1. The van der Waals surface area contributed by atoms with Crippen molar-refractivity contribution in [3.05, 3.63) is 30.3 Å². The third kappa shape index (κ3) is 3.45. The van der Waals surface area contributed by atoms with E-state index in [1.54, 1.807) is 12.1 Å². The van der Waals surface area contributed by atoms with Gasteiger partial charge in [-0.25, -0.2) is 4.90 Å². The fourth-order valence-corrected chi connectivity index (χ4v) is 2.26. The molecule has 0 aromatic heterocycles. The summed E-state index contributed by atoms with van der Waals surface area (Å²) in [5.74, 6) is -0.274. The molecule has 1 heterocycles. The molecule has 1 N–H and O–H groups in total. The zero-order chi connectivity index (χ0) is 14.8. The van der Waals surface area contributed by atoms with Gasteiger partial charge >= 0.3 is 0 Å². The van der Waals surface area contributed by atoms with E-state index in [-0.39, 0.29) is 29.7 Å². The van der Waals surface area contributed by atoms with Crippen molar-refractivity contribution in [2.45, 2.75) is 39.7 Å². The molecule has 0 saturated carbocycles. The molecule has 1 atom stereocenters. The number of para-hydroxylation sites is 1. The second-order valence-electron chi connectivity index (χ2n) is 6.42. The molecular weight excluding hydrogens is 252 g/mol. The van der Waals surface area contributed by atoms with Crippen LogP contribution in [0, 0.1) is 5.41 Å². The topological polar surface area (TPSA) is 49.4 Å². The highest BCUT2D eigenvalue weighted by molar-refractivity contribution is 6.22. The largest absolute Gasteiger partial charge is 0.305 e.